The monoisotopic (exact) mass is 435 g/mol. The Morgan fingerprint density at radius 1 is 0.923 bits per heavy atom. The lowest BCUT2D eigenvalue weighted by molar-refractivity contribution is 0.415. The van der Waals surface area contributed by atoms with E-state index in [0.29, 0.717) is 21.6 Å². The van der Waals surface area contributed by atoms with Crippen LogP contribution in [0.5, 0.6) is 5.75 Å². The van der Waals surface area contributed by atoms with Crippen molar-refractivity contribution in [3.05, 3.63) is 76.8 Å². The molecule has 0 bridgehead atoms. The van der Waals surface area contributed by atoms with Gasteiger partial charge in [0.15, 0.2) is 11.6 Å². The molecular weight excluding hydrogens is 420 g/mol. The van der Waals surface area contributed by atoms with Crippen molar-refractivity contribution >= 4 is 44.8 Å². The van der Waals surface area contributed by atoms with Crippen molar-refractivity contribution in [3.63, 3.8) is 0 Å². The second kappa shape index (κ2) is 8.10. The van der Waals surface area contributed by atoms with Crippen molar-refractivity contribution in [2.75, 3.05) is 18.3 Å². The van der Waals surface area contributed by atoms with E-state index in [9.17, 15) is 8.78 Å². The van der Waals surface area contributed by atoms with Gasteiger partial charge >= 0.3 is 0 Å². The second-order valence-electron chi connectivity index (χ2n) is 5.40. The van der Waals surface area contributed by atoms with Gasteiger partial charge in [0.1, 0.15) is 11.4 Å². The third-order valence-electron chi connectivity index (χ3n) is 3.86. The van der Waals surface area contributed by atoms with Crippen LogP contribution in [0, 0.1) is 11.6 Å². The molecule has 0 spiro atoms. The summed E-state index contributed by atoms with van der Waals surface area (Å²) in [5, 5.41) is 0. The van der Waals surface area contributed by atoms with Crippen LogP contribution < -0.4 is 9.64 Å². The summed E-state index contributed by atoms with van der Waals surface area (Å²) in [6.07, 6.45) is 1.92. The van der Waals surface area contributed by atoms with Crippen LogP contribution in [-0.2, 0) is 0 Å². The first-order chi connectivity index (χ1) is 12.6. The average Bonchev–Trinajstić information content (AvgIpc) is 2.64. The van der Waals surface area contributed by atoms with Gasteiger partial charge in [0.25, 0.3) is 0 Å². The van der Waals surface area contributed by atoms with Crippen LogP contribution in [0.1, 0.15) is 0 Å². The highest BCUT2D eigenvalue weighted by molar-refractivity contribution is 9.10. The van der Waals surface area contributed by atoms with Gasteiger partial charge in [-0.2, -0.15) is 0 Å². The molecule has 134 valence electrons. The number of anilines is 3. The number of ether oxygens (including phenoxy) is 1. The molecule has 0 saturated carbocycles. The van der Waals surface area contributed by atoms with Gasteiger partial charge in [-0.1, -0.05) is 40.2 Å². The molecule has 0 unspecified atom stereocenters. The normalized spacial score (nSPS) is 10.7. The standard InChI is InChI=1S/C20H16BrF2NOS/c1-25-18-9-5-3-7-16(18)24(17-8-4-6-10-19(17)26-2)20-14(22)11-13(21)12-15(20)23/h3-12H,1-2H3. The quantitative estimate of drug-likeness (QED) is 0.403. The molecule has 0 N–H and O–H groups in total. The number of nitrogens with zero attached hydrogens (tertiary/aromatic N) is 1. The fraction of sp³-hybridized carbons (Fsp3) is 0.100. The minimum atomic E-state index is -0.668. The number of methoxy groups -OCH3 is 1. The maximum atomic E-state index is 14.8. The molecule has 3 aromatic carbocycles. The number of hydrogen-bond donors (Lipinski definition) is 0. The molecule has 6 heteroatoms. The highest BCUT2D eigenvalue weighted by Crippen LogP contribution is 2.45. The lowest BCUT2D eigenvalue weighted by Crippen LogP contribution is -2.15. The van der Waals surface area contributed by atoms with Crippen LogP contribution in [0.25, 0.3) is 0 Å². The molecule has 3 aromatic rings. The Morgan fingerprint density at radius 3 is 2.12 bits per heavy atom. The molecule has 0 radical (unpaired) electrons. The van der Waals surface area contributed by atoms with Gasteiger partial charge in [-0.3, -0.25) is 0 Å². The highest BCUT2D eigenvalue weighted by Gasteiger charge is 2.25. The van der Waals surface area contributed by atoms with E-state index < -0.39 is 11.6 Å². The first kappa shape index (κ1) is 18.7. The van der Waals surface area contributed by atoms with E-state index in [0.717, 1.165) is 4.90 Å². The minimum Gasteiger partial charge on any atom is -0.495 e. The number of para-hydroxylation sites is 3. The Kier molecular flexibility index (Phi) is 5.84. The summed E-state index contributed by atoms with van der Waals surface area (Å²) < 4.78 is 35.5. The van der Waals surface area contributed by atoms with Gasteiger partial charge in [-0.25, -0.2) is 8.78 Å². The average molecular weight is 436 g/mol. The number of thioether (sulfide) groups is 1. The van der Waals surface area contributed by atoms with Crippen molar-refractivity contribution in [3.8, 4) is 5.75 Å². The fourth-order valence-electron chi connectivity index (χ4n) is 2.75. The van der Waals surface area contributed by atoms with Crippen LogP contribution in [-0.4, -0.2) is 13.4 Å². The Labute approximate surface area is 163 Å². The Bertz CT molecular complexity index is 865. The molecule has 0 atom stereocenters. The van der Waals surface area contributed by atoms with Gasteiger partial charge in [0, 0.05) is 9.37 Å². The van der Waals surface area contributed by atoms with Gasteiger partial charge < -0.3 is 9.64 Å². The van der Waals surface area contributed by atoms with Crippen molar-refractivity contribution in [1.29, 1.82) is 0 Å². The topological polar surface area (TPSA) is 12.5 Å². The van der Waals surface area contributed by atoms with E-state index in [2.05, 4.69) is 15.9 Å². The third kappa shape index (κ3) is 3.57. The molecular formula is C20H16BrF2NOS. The molecule has 3 rings (SSSR count). The van der Waals surface area contributed by atoms with Crippen LogP contribution >= 0.6 is 27.7 Å². The summed E-state index contributed by atoms with van der Waals surface area (Å²) in [4.78, 5) is 2.45. The van der Waals surface area contributed by atoms with E-state index >= 15 is 0 Å². The van der Waals surface area contributed by atoms with E-state index in [1.807, 2.05) is 36.6 Å². The van der Waals surface area contributed by atoms with Crippen LogP contribution in [0.4, 0.5) is 25.8 Å². The smallest absolute Gasteiger partial charge is 0.151 e. The number of hydrogen-bond acceptors (Lipinski definition) is 3. The van der Waals surface area contributed by atoms with Crippen LogP contribution in [0.3, 0.4) is 0 Å². The van der Waals surface area contributed by atoms with Gasteiger partial charge in [0.2, 0.25) is 0 Å². The molecule has 0 aliphatic rings. The summed E-state index contributed by atoms with van der Waals surface area (Å²) in [6.45, 7) is 0. The van der Waals surface area contributed by atoms with Crippen LogP contribution in [0.15, 0.2) is 70.0 Å². The molecule has 0 amide bonds. The first-order valence-corrected chi connectivity index (χ1v) is 9.79. The highest BCUT2D eigenvalue weighted by atomic mass is 79.9. The second-order valence-corrected chi connectivity index (χ2v) is 7.16. The Morgan fingerprint density at radius 2 is 1.50 bits per heavy atom. The maximum absolute atomic E-state index is 14.8. The predicted molar refractivity (Wildman–Crippen MR) is 107 cm³/mol. The van der Waals surface area contributed by atoms with Crippen molar-refractivity contribution < 1.29 is 13.5 Å². The third-order valence-corrected chi connectivity index (χ3v) is 5.10. The lowest BCUT2D eigenvalue weighted by atomic mass is 10.1. The Hall–Kier alpha value is -2.05. The van der Waals surface area contributed by atoms with Crippen molar-refractivity contribution in [2.45, 2.75) is 4.90 Å². The van der Waals surface area contributed by atoms with Crippen LogP contribution in [0.2, 0.25) is 0 Å². The van der Waals surface area contributed by atoms with Crippen molar-refractivity contribution in [1.82, 2.24) is 0 Å². The SMILES string of the molecule is COc1ccccc1N(c1ccccc1SC)c1c(F)cc(Br)cc1F. The van der Waals surface area contributed by atoms with Gasteiger partial charge in [-0.05, 0) is 42.7 Å². The number of benzene rings is 3. The molecule has 0 saturated heterocycles. The molecule has 0 aromatic heterocycles. The summed E-state index contributed by atoms with van der Waals surface area (Å²) >= 11 is 4.64. The zero-order valence-corrected chi connectivity index (χ0v) is 16.6. The van der Waals surface area contributed by atoms with E-state index in [4.69, 9.17) is 4.74 Å². The molecule has 26 heavy (non-hydrogen) atoms. The zero-order valence-electron chi connectivity index (χ0n) is 14.2. The Balaban J connectivity index is 2.34. The largest absolute Gasteiger partial charge is 0.495 e. The van der Waals surface area contributed by atoms with Crippen molar-refractivity contribution in [2.24, 2.45) is 0 Å². The predicted octanol–water partition coefficient (Wildman–Crippen LogP) is 6.93. The fourth-order valence-corrected chi connectivity index (χ4v) is 3.73. The maximum Gasteiger partial charge on any atom is 0.151 e. The van der Waals surface area contributed by atoms with Gasteiger partial charge in [0.05, 0.1) is 18.5 Å². The number of rotatable bonds is 5. The van der Waals surface area contributed by atoms with Gasteiger partial charge in [-0.15, -0.1) is 11.8 Å². The first-order valence-electron chi connectivity index (χ1n) is 7.77. The summed E-state index contributed by atoms with van der Waals surface area (Å²) in [5.41, 5.74) is 1.07. The molecule has 0 aliphatic carbocycles. The molecule has 2 nitrogen and oxygen atoms in total. The minimum absolute atomic E-state index is 0.154. The van der Waals surface area contributed by atoms with E-state index in [1.165, 1.54) is 31.0 Å². The van der Waals surface area contributed by atoms with E-state index in [1.54, 1.807) is 23.1 Å². The molecule has 0 heterocycles. The number of halogens is 3. The zero-order chi connectivity index (χ0) is 18.7. The summed E-state index contributed by atoms with van der Waals surface area (Å²) in [7, 11) is 1.53. The molecule has 0 aliphatic heterocycles. The summed E-state index contributed by atoms with van der Waals surface area (Å²) in [6, 6.07) is 17.1. The summed E-state index contributed by atoms with van der Waals surface area (Å²) in [5.74, 6) is -0.817. The molecule has 0 fully saturated rings. The van der Waals surface area contributed by atoms with E-state index in [-0.39, 0.29) is 5.69 Å². The lowest BCUT2D eigenvalue weighted by Gasteiger charge is -2.29.